The quantitative estimate of drug-likeness (QED) is 0.867. The summed E-state index contributed by atoms with van der Waals surface area (Å²) >= 11 is 1.44. The van der Waals surface area contributed by atoms with E-state index < -0.39 is 10.0 Å². The summed E-state index contributed by atoms with van der Waals surface area (Å²) < 4.78 is 26.6. The van der Waals surface area contributed by atoms with Gasteiger partial charge in [0, 0.05) is 24.2 Å². The second-order valence-electron chi connectivity index (χ2n) is 5.03. The molecule has 124 valence electrons. The fraction of sp³-hybridized carbons (Fsp3) is 0.312. The minimum Gasteiger partial charge on any atom is -0.322 e. The second-order valence-corrected chi connectivity index (χ2v) is 7.75. The van der Waals surface area contributed by atoms with E-state index in [2.05, 4.69) is 5.32 Å². The molecule has 0 aliphatic rings. The third-order valence-electron chi connectivity index (χ3n) is 3.58. The molecule has 2 aromatic rings. The zero-order valence-corrected chi connectivity index (χ0v) is 15.0. The van der Waals surface area contributed by atoms with E-state index >= 15 is 0 Å². The number of sulfonamides is 1. The van der Waals surface area contributed by atoms with E-state index in [1.165, 1.54) is 21.7 Å². The number of nitrogens with zero attached hydrogens (tertiary/aromatic N) is 1. The molecule has 0 bridgehead atoms. The molecule has 1 aromatic carbocycles. The number of hydrogen-bond donors (Lipinski definition) is 1. The molecule has 0 aliphatic carbocycles. The normalized spacial score (nSPS) is 11.7. The van der Waals surface area contributed by atoms with Crippen molar-refractivity contribution in [2.75, 3.05) is 18.4 Å². The van der Waals surface area contributed by atoms with Gasteiger partial charge in [0.2, 0.25) is 10.0 Å². The van der Waals surface area contributed by atoms with Crippen molar-refractivity contribution in [1.82, 2.24) is 4.31 Å². The van der Waals surface area contributed by atoms with Gasteiger partial charge in [-0.1, -0.05) is 19.9 Å². The minimum atomic E-state index is -3.55. The zero-order valence-electron chi connectivity index (χ0n) is 13.4. The Kier molecular flexibility index (Phi) is 5.56. The summed E-state index contributed by atoms with van der Waals surface area (Å²) in [5.74, 6) is -0.244. The molecule has 0 saturated carbocycles. The number of amides is 1. The van der Waals surface area contributed by atoms with Crippen LogP contribution in [-0.4, -0.2) is 31.7 Å². The van der Waals surface area contributed by atoms with Gasteiger partial charge in [0.05, 0.1) is 10.5 Å². The minimum absolute atomic E-state index is 0.187. The Balaban J connectivity index is 2.34. The molecule has 0 fully saturated rings. The van der Waals surface area contributed by atoms with Crippen molar-refractivity contribution in [2.24, 2.45) is 0 Å². The maximum Gasteiger partial charge on any atom is 0.256 e. The molecule has 0 aliphatic heterocycles. The number of carbonyl (C=O) groups excluding carboxylic acids is 1. The highest BCUT2D eigenvalue weighted by Gasteiger charge is 2.22. The van der Waals surface area contributed by atoms with E-state index in [9.17, 15) is 13.2 Å². The van der Waals surface area contributed by atoms with Crippen LogP contribution >= 0.6 is 11.3 Å². The lowest BCUT2D eigenvalue weighted by molar-refractivity contribution is 0.102. The van der Waals surface area contributed by atoms with Gasteiger partial charge in [-0.15, -0.1) is 0 Å². The van der Waals surface area contributed by atoms with Crippen LogP contribution in [0.15, 0.2) is 39.9 Å². The van der Waals surface area contributed by atoms with Gasteiger partial charge >= 0.3 is 0 Å². The first kappa shape index (κ1) is 17.7. The van der Waals surface area contributed by atoms with Crippen molar-refractivity contribution in [3.63, 3.8) is 0 Å². The zero-order chi connectivity index (χ0) is 17.0. The summed E-state index contributed by atoms with van der Waals surface area (Å²) in [5, 5.41) is 6.36. The molecule has 2 rings (SSSR count). The van der Waals surface area contributed by atoms with E-state index in [0.717, 1.165) is 5.56 Å². The Morgan fingerprint density at radius 1 is 1.22 bits per heavy atom. The van der Waals surface area contributed by atoms with Crippen LogP contribution in [0.25, 0.3) is 0 Å². The summed E-state index contributed by atoms with van der Waals surface area (Å²) in [6, 6.07) is 6.53. The molecule has 23 heavy (non-hydrogen) atoms. The number of aryl methyl sites for hydroxylation is 1. The fourth-order valence-corrected chi connectivity index (χ4v) is 4.32. The Morgan fingerprint density at radius 3 is 2.48 bits per heavy atom. The first-order chi connectivity index (χ1) is 10.9. The Morgan fingerprint density at radius 2 is 1.91 bits per heavy atom. The van der Waals surface area contributed by atoms with Crippen molar-refractivity contribution < 1.29 is 13.2 Å². The van der Waals surface area contributed by atoms with E-state index in [-0.39, 0.29) is 10.8 Å². The van der Waals surface area contributed by atoms with Crippen LogP contribution in [0.2, 0.25) is 0 Å². The number of nitrogens with one attached hydrogen (secondary N) is 1. The van der Waals surface area contributed by atoms with Gasteiger partial charge in [-0.25, -0.2) is 8.42 Å². The summed E-state index contributed by atoms with van der Waals surface area (Å²) in [7, 11) is -3.55. The van der Waals surface area contributed by atoms with Crippen molar-refractivity contribution in [2.45, 2.75) is 25.7 Å². The molecule has 0 saturated heterocycles. The Bertz CT molecular complexity index is 780. The first-order valence-electron chi connectivity index (χ1n) is 7.34. The lowest BCUT2D eigenvalue weighted by atomic mass is 10.2. The number of carbonyl (C=O) groups is 1. The molecule has 5 nitrogen and oxygen atoms in total. The van der Waals surface area contributed by atoms with Gasteiger partial charge in [0.15, 0.2) is 0 Å². The summed E-state index contributed by atoms with van der Waals surface area (Å²) in [4.78, 5) is 12.4. The highest BCUT2D eigenvalue weighted by molar-refractivity contribution is 7.89. The summed E-state index contributed by atoms with van der Waals surface area (Å²) in [6.07, 6.45) is 0. The SMILES string of the molecule is CCN(CC)S(=O)(=O)c1ccc(C)c(NC(=O)c2ccsc2)c1. The van der Waals surface area contributed by atoms with Gasteiger partial charge in [-0.05, 0) is 36.1 Å². The molecule has 1 N–H and O–H groups in total. The van der Waals surface area contributed by atoms with Crippen LogP contribution < -0.4 is 5.32 Å². The van der Waals surface area contributed by atoms with Gasteiger partial charge in [-0.2, -0.15) is 15.6 Å². The molecular formula is C16H20N2O3S2. The Hall–Kier alpha value is -1.70. The van der Waals surface area contributed by atoms with E-state index in [0.29, 0.717) is 24.3 Å². The molecule has 7 heteroatoms. The highest BCUT2D eigenvalue weighted by Crippen LogP contribution is 2.23. The fourth-order valence-electron chi connectivity index (χ4n) is 2.20. The molecule has 0 unspecified atom stereocenters. The number of thiophene rings is 1. The Labute approximate surface area is 141 Å². The molecule has 1 amide bonds. The van der Waals surface area contributed by atoms with Crippen molar-refractivity contribution in [3.8, 4) is 0 Å². The predicted molar refractivity (Wildman–Crippen MR) is 93.6 cm³/mol. The number of anilines is 1. The van der Waals surface area contributed by atoms with Crippen LogP contribution in [0.4, 0.5) is 5.69 Å². The third-order valence-corrected chi connectivity index (χ3v) is 6.31. The molecular weight excluding hydrogens is 332 g/mol. The third kappa shape index (κ3) is 3.80. The topological polar surface area (TPSA) is 66.5 Å². The van der Waals surface area contributed by atoms with Gasteiger partial charge in [-0.3, -0.25) is 4.79 Å². The lowest BCUT2D eigenvalue weighted by Crippen LogP contribution is -2.30. The number of hydrogen-bond acceptors (Lipinski definition) is 4. The first-order valence-corrected chi connectivity index (χ1v) is 9.72. The molecule has 1 aromatic heterocycles. The second kappa shape index (κ2) is 7.25. The van der Waals surface area contributed by atoms with Crippen LogP contribution in [-0.2, 0) is 10.0 Å². The van der Waals surface area contributed by atoms with Crippen molar-refractivity contribution in [3.05, 3.63) is 46.2 Å². The van der Waals surface area contributed by atoms with Crippen LogP contribution in [0.3, 0.4) is 0 Å². The molecule has 1 heterocycles. The van der Waals surface area contributed by atoms with Gasteiger partial charge in [0.25, 0.3) is 5.91 Å². The average Bonchev–Trinajstić information content (AvgIpc) is 3.04. The van der Waals surface area contributed by atoms with Crippen molar-refractivity contribution in [1.29, 1.82) is 0 Å². The van der Waals surface area contributed by atoms with Crippen LogP contribution in [0.1, 0.15) is 29.8 Å². The predicted octanol–water partition coefficient (Wildman–Crippen LogP) is 3.34. The number of benzene rings is 1. The summed E-state index contributed by atoms with van der Waals surface area (Å²) in [6.45, 7) is 6.24. The maximum atomic E-state index is 12.6. The average molecular weight is 352 g/mol. The lowest BCUT2D eigenvalue weighted by Gasteiger charge is -2.19. The summed E-state index contributed by atoms with van der Waals surface area (Å²) in [5.41, 5.74) is 1.88. The highest BCUT2D eigenvalue weighted by atomic mass is 32.2. The number of rotatable bonds is 6. The van der Waals surface area contributed by atoms with Crippen molar-refractivity contribution >= 4 is 33.0 Å². The molecule has 0 atom stereocenters. The van der Waals surface area contributed by atoms with Gasteiger partial charge in [0.1, 0.15) is 0 Å². The standard InChI is InChI=1S/C16H20N2O3S2/c1-4-18(5-2)23(20,21)14-7-6-12(3)15(10-14)17-16(19)13-8-9-22-11-13/h6-11H,4-5H2,1-3H3,(H,17,19). The smallest absolute Gasteiger partial charge is 0.256 e. The van der Waals surface area contributed by atoms with E-state index in [4.69, 9.17) is 0 Å². The maximum absolute atomic E-state index is 12.6. The molecule has 0 spiro atoms. The van der Waals surface area contributed by atoms with Gasteiger partial charge < -0.3 is 5.32 Å². The van der Waals surface area contributed by atoms with E-state index in [1.54, 1.807) is 37.4 Å². The molecule has 0 radical (unpaired) electrons. The van der Waals surface area contributed by atoms with E-state index in [1.807, 2.05) is 12.3 Å². The largest absolute Gasteiger partial charge is 0.322 e. The van der Waals surface area contributed by atoms with Crippen LogP contribution in [0.5, 0.6) is 0 Å². The van der Waals surface area contributed by atoms with Crippen LogP contribution in [0, 0.1) is 6.92 Å². The monoisotopic (exact) mass is 352 g/mol.